The third kappa shape index (κ3) is 13.8. The smallest absolute Gasteiger partial charge is 0.387 e. The number of hydrogen-bond donors (Lipinski definition) is 1. The van der Waals surface area contributed by atoms with Gasteiger partial charge in [0.25, 0.3) is 12.4 Å². The third-order valence-electron chi connectivity index (χ3n) is 10.5. The molecule has 16 nitrogen and oxygen atoms in total. The number of anilines is 1. The van der Waals surface area contributed by atoms with E-state index in [4.69, 9.17) is 56.8 Å². The number of halogens is 4. The minimum atomic E-state index is -3.81. The molecule has 0 spiro atoms. The number of pyridine rings is 1. The van der Waals surface area contributed by atoms with Gasteiger partial charge in [-0.05, 0) is 67.3 Å². The summed E-state index contributed by atoms with van der Waals surface area (Å²) in [6.45, 7) is 0.469. The van der Waals surface area contributed by atoms with Crippen molar-refractivity contribution in [1.29, 1.82) is 0 Å². The number of carboxylic acid groups (broad SMARTS) is 1. The van der Waals surface area contributed by atoms with E-state index in [1.807, 2.05) is 0 Å². The van der Waals surface area contributed by atoms with Crippen LogP contribution in [0.25, 0.3) is 0 Å². The molecule has 2 aliphatic heterocycles. The number of carbonyl (C=O) groups excluding carboxylic acids is 2. The number of benzene rings is 2. The van der Waals surface area contributed by atoms with Gasteiger partial charge in [-0.15, -0.1) is 11.8 Å². The van der Waals surface area contributed by atoms with Crippen LogP contribution in [-0.2, 0) is 35.5 Å². The van der Waals surface area contributed by atoms with Crippen LogP contribution in [0.2, 0.25) is 10.0 Å². The first kappa shape index (κ1) is 48.1. The summed E-state index contributed by atoms with van der Waals surface area (Å²) in [6.07, 6.45) is 5.93. The highest BCUT2D eigenvalue weighted by Gasteiger charge is 2.39. The normalized spacial score (nSPS) is 18.3. The summed E-state index contributed by atoms with van der Waals surface area (Å²) in [4.78, 5) is 40.6. The lowest BCUT2D eigenvalue weighted by molar-refractivity contribution is -0.605. The molecule has 1 amide bonds. The number of rotatable bonds is 19. The van der Waals surface area contributed by atoms with Gasteiger partial charge in [-0.1, -0.05) is 29.3 Å². The van der Waals surface area contributed by atoms with Crippen LogP contribution in [0.1, 0.15) is 53.3 Å². The van der Waals surface area contributed by atoms with Crippen molar-refractivity contribution in [2.24, 2.45) is 11.8 Å². The lowest BCUT2D eigenvalue weighted by Gasteiger charge is -2.30. The highest BCUT2D eigenvalue weighted by atomic mass is 35.5. The van der Waals surface area contributed by atoms with Crippen LogP contribution < -0.4 is 23.2 Å². The van der Waals surface area contributed by atoms with Crippen LogP contribution in [0.15, 0.2) is 48.8 Å². The van der Waals surface area contributed by atoms with Crippen LogP contribution >= 0.6 is 35.0 Å². The average Bonchev–Trinajstić information content (AvgIpc) is 4.18. The van der Waals surface area contributed by atoms with Crippen molar-refractivity contribution in [2.45, 2.75) is 50.2 Å². The Hall–Kier alpha value is -4.34. The summed E-state index contributed by atoms with van der Waals surface area (Å²) in [5.41, 5.74) is 0.980. The Morgan fingerprint density at radius 3 is 2.29 bits per heavy atom. The fourth-order valence-electron chi connectivity index (χ4n) is 6.88. The van der Waals surface area contributed by atoms with Crippen molar-refractivity contribution >= 4 is 69.0 Å². The Labute approximate surface area is 377 Å². The first-order valence-electron chi connectivity index (χ1n) is 20.2. The lowest BCUT2D eigenvalue weighted by Crippen LogP contribution is -2.43. The maximum absolute atomic E-state index is 14.5. The summed E-state index contributed by atoms with van der Waals surface area (Å²) < 4.78 is 83.2. The number of esters is 1. The Bertz CT molecular complexity index is 2180. The van der Waals surface area contributed by atoms with Gasteiger partial charge >= 0.3 is 12.6 Å². The molecule has 2 aliphatic carbocycles. The van der Waals surface area contributed by atoms with Gasteiger partial charge in [0.1, 0.15) is 21.9 Å². The SMILES string of the molecule is CS(=O)(=O)N(CCN1CCOCC1)c1cc(OCC2CC2)cc(C(=O)N2CCSC2C(=O)OC(Cc2c(Cl)c[n+]([O-])cc2Cl)c2ccc(OC(F)F)c(OCC3CC3)c2)c1.O=CO. The van der Waals surface area contributed by atoms with Crippen molar-refractivity contribution in [1.82, 2.24) is 9.80 Å². The van der Waals surface area contributed by atoms with Gasteiger partial charge in [0.2, 0.25) is 10.0 Å². The van der Waals surface area contributed by atoms with Gasteiger partial charge in [-0.3, -0.25) is 18.8 Å². The maximum Gasteiger partial charge on any atom is 0.387 e. The Kier molecular flexibility index (Phi) is 16.8. The zero-order valence-corrected chi connectivity index (χ0v) is 37.4. The molecule has 3 heterocycles. The van der Waals surface area contributed by atoms with Gasteiger partial charge in [0.15, 0.2) is 29.3 Å². The average molecular weight is 962 g/mol. The molecule has 1 N–H and O–H groups in total. The molecule has 2 unspecified atom stereocenters. The summed E-state index contributed by atoms with van der Waals surface area (Å²) in [6, 6.07) is 8.85. The topological polar surface area (TPSA) is 188 Å². The van der Waals surface area contributed by atoms with Crippen LogP contribution in [0.5, 0.6) is 17.2 Å². The highest BCUT2D eigenvalue weighted by molar-refractivity contribution is 8.00. The molecule has 63 heavy (non-hydrogen) atoms. The lowest BCUT2D eigenvalue weighted by atomic mass is 10.0. The molecule has 7 rings (SSSR count). The Morgan fingerprint density at radius 1 is 1.02 bits per heavy atom. The predicted octanol–water partition coefficient (Wildman–Crippen LogP) is 5.65. The van der Waals surface area contributed by atoms with Gasteiger partial charge < -0.3 is 38.9 Å². The highest BCUT2D eigenvalue weighted by Crippen LogP contribution is 2.39. The third-order valence-corrected chi connectivity index (χ3v) is 13.5. The van der Waals surface area contributed by atoms with Crippen molar-refractivity contribution in [2.75, 3.05) is 75.5 Å². The number of hydrogen-bond acceptors (Lipinski definition) is 13. The number of alkyl halides is 2. The fraction of sp³-hybridized carbons (Fsp3) is 0.512. The van der Waals surface area contributed by atoms with E-state index in [1.165, 1.54) is 45.2 Å². The van der Waals surface area contributed by atoms with Crippen molar-refractivity contribution in [3.05, 3.63) is 80.7 Å². The van der Waals surface area contributed by atoms with E-state index in [2.05, 4.69) is 4.90 Å². The second-order valence-electron chi connectivity index (χ2n) is 15.3. The van der Waals surface area contributed by atoms with E-state index in [0.717, 1.165) is 44.3 Å². The molecule has 2 aromatic carbocycles. The number of amides is 1. The molecule has 0 radical (unpaired) electrons. The minimum Gasteiger partial charge on any atom is -0.619 e. The largest absolute Gasteiger partial charge is 0.619 e. The fourth-order valence-corrected chi connectivity index (χ4v) is 9.47. The van der Waals surface area contributed by atoms with Crippen LogP contribution in [0, 0.1) is 17.0 Å². The number of carbonyl (C=O) groups is 3. The Morgan fingerprint density at radius 2 is 1.67 bits per heavy atom. The van der Waals surface area contributed by atoms with E-state index < -0.39 is 40.0 Å². The van der Waals surface area contributed by atoms with E-state index in [1.54, 1.807) is 12.1 Å². The standard InChI is InChI=1S/C40H46Cl2F2N4O10S2.CH2O2/c1-60(52,53)48(9-8-45-10-13-54-14-11-45)29-16-28(17-30(19-29)55-23-25-2-3-25)37(49)47-12-15-59-38(47)39(50)57-35(20-31-32(41)21-46(51)22-33(31)42)27-6-7-34(58-40(43)44)36(18-27)56-24-26-4-5-26;2-1-3/h6-7,16-19,21-22,25-26,35,38,40H,2-5,8-15,20,23-24H2,1H3;1H,(H,2,3). The van der Waals surface area contributed by atoms with Gasteiger partial charge in [-0.2, -0.15) is 13.5 Å². The molecule has 3 aromatic rings. The van der Waals surface area contributed by atoms with Crippen molar-refractivity contribution in [3.8, 4) is 17.2 Å². The number of morpholine rings is 1. The number of thioether (sulfide) groups is 1. The predicted molar refractivity (Wildman–Crippen MR) is 229 cm³/mol. The monoisotopic (exact) mass is 960 g/mol. The molecular weight excluding hydrogens is 914 g/mol. The molecule has 4 aliphatic rings. The molecule has 2 saturated carbocycles. The summed E-state index contributed by atoms with van der Waals surface area (Å²) in [7, 11) is -3.81. The molecule has 2 atom stereocenters. The first-order chi connectivity index (χ1) is 30.1. The van der Waals surface area contributed by atoms with Crippen LogP contribution in [-0.4, -0.2) is 125 Å². The molecule has 2 saturated heterocycles. The van der Waals surface area contributed by atoms with E-state index in [-0.39, 0.29) is 76.9 Å². The zero-order chi connectivity index (χ0) is 45.3. The van der Waals surface area contributed by atoms with Crippen molar-refractivity contribution in [3.63, 3.8) is 0 Å². The molecule has 22 heteroatoms. The summed E-state index contributed by atoms with van der Waals surface area (Å²) >= 11 is 14.1. The quantitative estimate of drug-likeness (QED) is 0.0672. The van der Waals surface area contributed by atoms with E-state index in [9.17, 15) is 32.0 Å². The van der Waals surface area contributed by atoms with E-state index in [0.29, 0.717) is 67.2 Å². The molecule has 4 fully saturated rings. The van der Waals surface area contributed by atoms with Crippen LogP contribution in [0.4, 0.5) is 14.5 Å². The number of ether oxygens (including phenoxy) is 5. The molecular formula is C41H48Cl2F2N4O12S2. The van der Waals surface area contributed by atoms with Gasteiger partial charge in [-0.25, -0.2) is 13.2 Å². The van der Waals surface area contributed by atoms with Gasteiger partial charge in [0.05, 0.1) is 38.4 Å². The number of sulfonamides is 1. The molecule has 344 valence electrons. The van der Waals surface area contributed by atoms with Gasteiger partial charge in [0, 0.05) is 62.1 Å². The second-order valence-corrected chi connectivity index (χ2v) is 19.3. The number of nitrogens with zero attached hydrogens (tertiary/aromatic N) is 4. The summed E-state index contributed by atoms with van der Waals surface area (Å²) in [5, 5.41) is 17.8. The second kappa shape index (κ2) is 22.0. The van der Waals surface area contributed by atoms with Crippen molar-refractivity contribution < 1.29 is 65.1 Å². The maximum atomic E-state index is 14.5. The Balaban J connectivity index is 0.00000214. The first-order valence-corrected chi connectivity index (χ1v) is 23.8. The minimum absolute atomic E-state index is 0.00104. The molecule has 0 bridgehead atoms. The van der Waals surface area contributed by atoms with Crippen LogP contribution in [0.3, 0.4) is 0 Å². The summed E-state index contributed by atoms with van der Waals surface area (Å²) in [5.74, 6) is -0.174. The molecule has 1 aromatic heterocycles. The number of aromatic nitrogens is 1. The zero-order valence-electron chi connectivity index (χ0n) is 34.2. The van der Waals surface area contributed by atoms with E-state index >= 15 is 0 Å².